The van der Waals surface area contributed by atoms with Gasteiger partial charge in [0.05, 0.1) is 13.4 Å². The Morgan fingerprint density at radius 3 is 2.83 bits per heavy atom. The molecule has 0 radical (unpaired) electrons. The quantitative estimate of drug-likeness (QED) is 0.655. The van der Waals surface area contributed by atoms with Gasteiger partial charge in [-0.1, -0.05) is 30.4 Å². The van der Waals surface area contributed by atoms with Crippen molar-refractivity contribution >= 4 is 17.0 Å². The summed E-state index contributed by atoms with van der Waals surface area (Å²) in [5, 5.41) is 1.13. The number of likely N-dealkylation sites (N-methyl/N-ethyl adjacent to an activating group) is 1. The lowest BCUT2D eigenvalue weighted by atomic mass is 10.1. The molecule has 4 heteroatoms. The molecule has 3 aromatic rings. The van der Waals surface area contributed by atoms with Crippen molar-refractivity contribution in [2.24, 2.45) is 0 Å². The Balaban J connectivity index is 1.62. The first-order valence-electron chi connectivity index (χ1n) is 7.81. The van der Waals surface area contributed by atoms with Gasteiger partial charge >= 0.3 is 0 Å². The summed E-state index contributed by atoms with van der Waals surface area (Å²) >= 11 is 0. The number of benzene rings is 2. The zero-order valence-electron chi connectivity index (χ0n) is 13.8. The number of halogens is 1. The van der Waals surface area contributed by atoms with Gasteiger partial charge in [0.2, 0.25) is 0 Å². The van der Waals surface area contributed by atoms with Crippen LogP contribution < -0.4 is 4.74 Å². The second-order valence-corrected chi connectivity index (χ2v) is 5.74. The molecule has 124 valence electrons. The molecule has 1 heterocycles. The van der Waals surface area contributed by atoms with Crippen LogP contribution in [0.25, 0.3) is 17.0 Å². The largest absolute Gasteiger partial charge is 0.497 e. The van der Waals surface area contributed by atoms with Crippen molar-refractivity contribution in [2.75, 3.05) is 20.7 Å². The minimum atomic E-state index is -0.283. The van der Waals surface area contributed by atoms with Crippen LogP contribution in [0.3, 0.4) is 0 Å². The Morgan fingerprint density at radius 1 is 1.21 bits per heavy atom. The van der Waals surface area contributed by atoms with Crippen LogP contribution in [-0.2, 0) is 6.54 Å². The molecule has 3 rings (SSSR count). The van der Waals surface area contributed by atoms with Gasteiger partial charge in [-0.2, -0.15) is 0 Å². The highest BCUT2D eigenvalue weighted by atomic mass is 19.1. The first kappa shape index (κ1) is 16.3. The molecule has 0 aliphatic heterocycles. The number of furan rings is 1. The summed E-state index contributed by atoms with van der Waals surface area (Å²) in [5.74, 6) is 0.239. The van der Waals surface area contributed by atoms with Crippen molar-refractivity contribution in [3.8, 4) is 5.75 Å². The molecule has 0 fully saturated rings. The van der Waals surface area contributed by atoms with Crippen molar-refractivity contribution in [1.29, 1.82) is 0 Å². The maximum absolute atomic E-state index is 13.9. The first-order valence-corrected chi connectivity index (χ1v) is 7.81. The fraction of sp³-hybridized carbons (Fsp3) is 0.200. The zero-order chi connectivity index (χ0) is 16.9. The molecule has 0 aliphatic rings. The monoisotopic (exact) mass is 325 g/mol. The van der Waals surface area contributed by atoms with Crippen LogP contribution in [0.15, 0.2) is 59.2 Å². The second kappa shape index (κ2) is 7.32. The number of nitrogens with zero attached hydrogens (tertiary/aromatic N) is 1. The van der Waals surface area contributed by atoms with Crippen LogP contribution in [0.4, 0.5) is 4.39 Å². The maximum atomic E-state index is 13.9. The van der Waals surface area contributed by atoms with Gasteiger partial charge in [-0.25, -0.2) is 4.39 Å². The van der Waals surface area contributed by atoms with Gasteiger partial charge in [0, 0.05) is 35.7 Å². The molecule has 0 atom stereocenters. The molecule has 2 aromatic carbocycles. The van der Waals surface area contributed by atoms with E-state index in [-0.39, 0.29) is 5.82 Å². The molecule has 0 saturated carbocycles. The Labute approximate surface area is 141 Å². The highest BCUT2D eigenvalue weighted by Gasteiger charge is 2.07. The SMILES string of the molecule is COc1ccc(C=CCN(C)Cc2coc3ccccc23)c(F)c1. The predicted molar refractivity (Wildman–Crippen MR) is 94.5 cm³/mol. The second-order valence-electron chi connectivity index (χ2n) is 5.74. The summed E-state index contributed by atoms with van der Waals surface area (Å²) in [4.78, 5) is 2.15. The number of hydrogen-bond donors (Lipinski definition) is 0. The van der Waals surface area contributed by atoms with E-state index in [9.17, 15) is 4.39 Å². The third kappa shape index (κ3) is 3.66. The fourth-order valence-corrected chi connectivity index (χ4v) is 2.64. The molecule has 3 nitrogen and oxygen atoms in total. The van der Waals surface area contributed by atoms with Crippen LogP contribution >= 0.6 is 0 Å². The molecule has 0 spiro atoms. The summed E-state index contributed by atoms with van der Waals surface area (Å²) in [6, 6.07) is 12.9. The number of hydrogen-bond acceptors (Lipinski definition) is 3. The molecule has 0 amide bonds. The van der Waals surface area contributed by atoms with Crippen LogP contribution in [0.2, 0.25) is 0 Å². The molecule has 0 saturated heterocycles. The third-order valence-corrected chi connectivity index (χ3v) is 3.92. The summed E-state index contributed by atoms with van der Waals surface area (Å²) in [5.41, 5.74) is 2.60. The number of rotatable bonds is 6. The van der Waals surface area contributed by atoms with E-state index in [1.807, 2.05) is 31.3 Å². The molecule has 0 aliphatic carbocycles. The van der Waals surface area contributed by atoms with Crippen molar-refractivity contribution < 1.29 is 13.5 Å². The van der Waals surface area contributed by atoms with Crippen molar-refractivity contribution in [2.45, 2.75) is 6.54 Å². The van der Waals surface area contributed by atoms with E-state index in [0.29, 0.717) is 17.9 Å². The minimum Gasteiger partial charge on any atom is -0.497 e. The van der Waals surface area contributed by atoms with E-state index in [4.69, 9.17) is 9.15 Å². The molecular formula is C20H20FNO2. The van der Waals surface area contributed by atoms with Crippen molar-refractivity contribution in [3.05, 3.63) is 71.7 Å². The third-order valence-electron chi connectivity index (χ3n) is 3.92. The highest BCUT2D eigenvalue weighted by Crippen LogP contribution is 2.22. The minimum absolute atomic E-state index is 0.283. The Bertz CT molecular complexity index is 854. The standard InChI is InChI=1S/C20H20FNO2/c1-22(13-16-14-24-20-8-4-3-7-18(16)20)11-5-6-15-9-10-17(23-2)12-19(15)21/h3-10,12,14H,11,13H2,1-2H3. The summed E-state index contributed by atoms with van der Waals surface area (Å²) in [7, 11) is 3.55. The molecule has 0 N–H and O–H groups in total. The van der Waals surface area contributed by atoms with E-state index in [1.54, 1.807) is 24.5 Å². The number of ether oxygens (including phenoxy) is 1. The lowest BCUT2D eigenvalue weighted by Gasteiger charge is -2.13. The number of fused-ring (bicyclic) bond motifs is 1. The van der Waals surface area contributed by atoms with Gasteiger partial charge in [-0.15, -0.1) is 0 Å². The van der Waals surface area contributed by atoms with Crippen molar-refractivity contribution in [3.63, 3.8) is 0 Å². The number of methoxy groups -OCH3 is 1. The van der Waals surface area contributed by atoms with Crippen LogP contribution in [0.1, 0.15) is 11.1 Å². The average molecular weight is 325 g/mol. The van der Waals surface area contributed by atoms with E-state index < -0.39 is 0 Å². The summed E-state index contributed by atoms with van der Waals surface area (Å²) in [6.07, 6.45) is 5.54. The molecule has 1 aromatic heterocycles. The Kier molecular flexibility index (Phi) is 4.96. The zero-order valence-corrected chi connectivity index (χ0v) is 13.8. The van der Waals surface area contributed by atoms with Gasteiger partial charge in [0.15, 0.2) is 0 Å². The fourth-order valence-electron chi connectivity index (χ4n) is 2.64. The van der Waals surface area contributed by atoms with Gasteiger partial charge in [-0.3, -0.25) is 4.90 Å². The van der Waals surface area contributed by atoms with E-state index in [0.717, 1.165) is 23.1 Å². The van der Waals surface area contributed by atoms with Gasteiger partial charge in [-0.05, 0) is 25.2 Å². The lowest BCUT2D eigenvalue weighted by Crippen LogP contribution is -2.17. The molecule has 0 bridgehead atoms. The van der Waals surface area contributed by atoms with Crippen LogP contribution in [0.5, 0.6) is 5.75 Å². The predicted octanol–water partition coefficient (Wildman–Crippen LogP) is 4.73. The average Bonchev–Trinajstić information content (AvgIpc) is 2.99. The van der Waals surface area contributed by atoms with E-state index in [1.165, 1.54) is 13.2 Å². The smallest absolute Gasteiger partial charge is 0.134 e. The summed E-state index contributed by atoms with van der Waals surface area (Å²) in [6.45, 7) is 1.48. The Morgan fingerprint density at radius 2 is 2.04 bits per heavy atom. The number of para-hydroxylation sites is 1. The van der Waals surface area contributed by atoms with Crippen molar-refractivity contribution in [1.82, 2.24) is 4.90 Å². The van der Waals surface area contributed by atoms with Crippen LogP contribution in [0, 0.1) is 5.82 Å². The van der Waals surface area contributed by atoms with Gasteiger partial charge in [0.25, 0.3) is 0 Å². The maximum Gasteiger partial charge on any atom is 0.134 e. The molecule has 0 unspecified atom stereocenters. The van der Waals surface area contributed by atoms with Crippen LogP contribution in [-0.4, -0.2) is 25.6 Å². The first-order chi connectivity index (χ1) is 11.7. The Hall–Kier alpha value is -2.59. The van der Waals surface area contributed by atoms with E-state index >= 15 is 0 Å². The normalized spacial score (nSPS) is 11.7. The van der Waals surface area contributed by atoms with Gasteiger partial charge in [0.1, 0.15) is 17.1 Å². The molecule has 24 heavy (non-hydrogen) atoms. The van der Waals surface area contributed by atoms with E-state index in [2.05, 4.69) is 11.0 Å². The van der Waals surface area contributed by atoms with Gasteiger partial charge < -0.3 is 9.15 Å². The summed E-state index contributed by atoms with van der Waals surface area (Å²) < 4.78 is 24.4. The lowest BCUT2D eigenvalue weighted by molar-refractivity contribution is 0.363. The molecular weight excluding hydrogens is 305 g/mol. The highest BCUT2D eigenvalue weighted by molar-refractivity contribution is 5.80. The topological polar surface area (TPSA) is 25.6 Å².